The summed E-state index contributed by atoms with van der Waals surface area (Å²) in [5.74, 6) is 0.716. The molecule has 1 amide bonds. The van der Waals surface area contributed by atoms with E-state index in [2.05, 4.69) is 16.5 Å². The summed E-state index contributed by atoms with van der Waals surface area (Å²) in [6, 6.07) is 19.2. The predicted octanol–water partition coefficient (Wildman–Crippen LogP) is 3.90. The minimum absolute atomic E-state index is 0.0735. The molecule has 1 aromatic heterocycles. The molecule has 0 aliphatic heterocycles. The van der Waals surface area contributed by atoms with Gasteiger partial charge in [0.1, 0.15) is 12.4 Å². The van der Waals surface area contributed by atoms with Crippen LogP contribution in [0, 0.1) is 13.8 Å². The van der Waals surface area contributed by atoms with Crippen molar-refractivity contribution in [2.75, 3.05) is 6.54 Å². The first kappa shape index (κ1) is 18.7. The molecule has 1 heterocycles. The number of nitrogens with zero attached hydrogens (tertiary/aromatic N) is 2. The van der Waals surface area contributed by atoms with Gasteiger partial charge in [0.2, 0.25) is 0 Å². The molecule has 0 saturated heterocycles. The maximum absolute atomic E-state index is 12.6. The van der Waals surface area contributed by atoms with Gasteiger partial charge in [-0.25, -0.2) is 0 Å². The molecule has 1 N–H and O–H groups in total. The second-order valence-electron chi connectivity index (χ2n) is 6.52. The molecular weight excluding hydrogens is 338 g/mol. The van der Waals surface area contributed by atoms with E-state index in [4.69, 9.17) is 4.74 Å². The average Bonchev–Trinajstić information content (AvgIpc) is 3.01. The van der Waals surface area contributed by atoms with Crippen LogP contribution in [0.4, 0.5) is 0 Å². The van der Waals surface area contributed by atoms with Crippen molar-refractivity contribution in [3.63, 3.8) is 0 Å². The van der Waals surface area contributed by atoms with E-state index < -0.39 is 0 Å². The zero-order chi connectivity index (χ0) is 19.1. The van der Waals surface area contributed by atoms with Crippen LogP contribution in [0.1, 0.15) is 33.7 Å². The lowest BCUT2D eigenvalue weighted by Crippen LogP contribution is -2.26. The van der Waals surface area contributed by atoms with Gasteiger partial charge in [0.25, 0.3) is 5.91 Å². The van der Waals surface area contributed by atoms with Crippen molar-refractivity contribution in [1.29, 1.82) is 0 Å². The number of carbonyl (C=O) groups excluding carboxylic acids is 1. The summed E-state index contributed by atoms with van der Waals surface area (Å²) < 4.78 is 7.77. The monoisotopic (exact) mass is 363 g/mol. The van der Waals surface area contributed by atoms with Crippen molar-refractivity contribution >= 4 is 5.91 Å². The number of ether oxygens (including phenoxy) is 1. The summed E-state index contributed by atoms with van der Waals surface area (Å²) in [6.45, 7) is 5.78. The Bertz CT molecular complexity index is 888. The van der Waals surface area contributed by atoms with Crippen molar-refractivity contribution in [2.45, 2.75) is 33.4 Å². The fourth-order valence-corrected chi connectivity index (χ4v) is 2.97. The number of para-hydroxylation sites is 1. The molecular formula is C22H25N3O2. The number of aryl methyl sites for hydroxylation is 3. The highest BCUT2D eigenvalue weighted by Crippen LogP contribution is 2.14. The third-order valence-electron chi connectivity index (χ3n) is 4.34. The number of benzene rings is 2. The highest BCUT2D eigenvalue weighted by Gasteiger charge is 2.11. The van der Waals surface area contributed by atoms with Crippen molar-refractivity contribution in [2.24, 2.45) is 0 Å². The lowest BCUT2D eigenvalue weighted by atomic mass is 10.1. The minimum Gasteiger partial charge on any atom is -0.489 e. The minimum atomic E-state index is -0.0735. The highest BCUT2D eigenvalue weighted by atomic mass is 16.5. The van der Waals surface area contributed by atoms with Crippen LogP contribution in [-0.2, 0) is 13.2 Å². The molecule has 2 aromatic carbocycles. The Morgan fingerprint density at radius 2 is 1.81 bits per heavy atom. The molecule has 0 atom stereocenters. The van der Waals surface area contributed by atoms with Crippen LogP contribution in [0.2, 0.25) is 0 Å². The molecule has 0 bridgehead atoms. The van der Waals surface area contributed by atoms with Gasteiger partial charge in [-0.2, -0.15) is 5.10 Å². The summed E-state index contributed by atoms with van der Waals surface area (Å²) in [5, 5.41) is 7.44. The Balaban J connectivity index is 1.52. The Kier molecular flexibility index (Phi) is 6.26. The molecule has 0 radical (unpaired) electrons. The van der Waals surface area contributed by atoms with Gasteiger partial charge in [-0.3, -0.25) is 9.48 Å². The molecule has 3 rings (SSSR count). The lowest BCUT2D eigenvalue weighted by molar-refractivity contribution is 0.0950. The topological polar surface area (TPSA) is 56.2 Å². The van der Waals surface area contributed by atoms with Crippen LogP contribution in [0.3, 0.4) is 0 Å². The molecule has 0 aliphatic rings. The number of rotatable bonds is 8. The van der Waals surface area contributed by atoms with Crippen molar-refractivity contribution < 1.29 is 9.53 Å². The van der Waals surface area contributed by atoms with E-state index >= 15 is 0 Å². The Hall–Kier alpha value is -3.08. The predicted molar refractivity (Wildman–Crippen MR) is 106 cm³/mol. The van der Waals surface area contributed by atoms with E-state index in [0.717, 1.165) is 35.7 Å². The van der Waals surface area contributed by atoms with Crippen LogP contribution in [0.25, 0.3) is 0 Å². The van der Waals surface area contributed by atoms with Crippen LogP contribution in [0.15, 0.2) is 60.7 Å². The molecule has 0 unspecified atom stereocenters. The standard InChI is InChI=1S/C22H25N3O2/c1-17-15-18(2)25(24-17)14-8-13-23-22(26)21-12-7-6-9-19(21)16-27-20-10-4-3-5-11-20/h3-7,9-12,15H,8,13-14,16H2,1-2H3,(H,23,26). The first-order valence-electron chi connectivity index (χ1n) is 9.18. The molecule has 0 fully saturated rings. The van der Waals surface area contributed by atoms with Gasteiger partial charge in [-0.1, -0.05) is 36.4 Å². The second kappa shape index (κ2) is 9.03. The Morgan fingerprint density at radius 1 is 1.07 bits per heavy atom. The molecule has 3 aromatic rings. The zero-order valence-electron chi connectivity index (χ0n) is 15.8. The Morgan fingerprint density at radius 3 is 2.56 bits per heavy atom. The summed E-state index contributed by atoms with van der Waals surface area (Å²) in [4.78, 5) is 12.6. The molecule has 140 valence electrons. The van der Waals surface area contributed by atoms with Crippen LogP contribution in [-0.4, -0.2) is 22.2 Å². The summed E-state index contributed by atoms with van der Waals surface area (Å²) in [7, 11) is 0. The quantitative estimate of drug-likeness (QED) is 0.618. The Labute approximate surface area is 160 Å². The maximum atomic E-state index is 12.6. The molecule has 0 aliphatic carbocycles. The van der Waals surface area contributed by atoms with Gasteiger partial charge >= 0.3 is 0 Å². The van der Waals surface area contributed by atoms with Gasteiger partial charge < -0.3 is 10.1 Å². The smallest absolute Gasteiger partial charge is 0.251 e. The van der Waals surface area contributed by atoms with Crippen LogP contribution >= 0.6 is 0 Å². The number of hydrogen-bond donors (Lipinski definition) is 1. The lowest BCUT2D eigenvalue weighted by Gasteiger charge is -2.12. The summed E-state index contributed by atoms with van der Waals surface area (Å²) in [6.07, 6.45) is 0.830. The number of nitrogens with one attached hydrogen (secondary N) is 1. The number of carbonyl (C=O) groups is 1. The van der Waals surface area contributed by atoms with E-state index in [1.54, 1.807) is 0 Å². The van der Waals surface area contributed by atoms with E-state index in [-0.39, 0.29) is 5.91 Å². The van der Waals surface area contributed by atoms with E-state index in [9.17, 15) is 4.79 Å². The normalized spacial score (nSPS) is 10.6. The number of amides is 1. The van der Waals surface area contributed by atoms with Crippen molar-refractivity contribution in [3.05, 3.63) is 83.2 Å². The highest BCUT2D eigenvalue weighted by molar-refractivity contribution is 5.95. The largest absolute Gasteiger partial charge is 0.489 e. The average molecular weight is 363 g/mol. The van der Waals surface area contributed by atoms with Gasteiger partial charge in [0, 0.05) is 29.9 Å². The van der Waals surface area contributed by atoms with Crippen molar-refractivity contribution in [1.82, 2.24) is 15.1 Å². The SMILES string of the molecule is Cc1cc(C)n(CCCNC(=O)c2ccccc2COc2ccccc2)n1. The van der Waals surface area contributed by atoms with E-state index in [0.29, 0.717) is 18.7 Å². The van der Waals surface area contributed by atoms with E-state index in [1.807, 2.05) is 73.1 Å². The van der Waals surface area contributed by atoms with E-state index in [1.165, 1.54) is 0 Å². The fraction of sp³-hybridized carbons (Fsp3) is 0.273. The molecule has 0 saturated carbocycles. The number of aromatic nitrogens is 2. The van der Waals surface area contributed by atoms with Gasteiger partial charge in [0.15, 0.2) is 0 Å². The molecule has 0 spiro atoms. The first-order chi connectivity index (χ1) is 13.1. The fourth-order valence-electron chi connectivity index (χ4n) is 2.97. The summed E-state index contributed by atoms with van der Waals surface area (Å²) in [5.41, 5.74) is 3.68. The van der Waals surface area contributed by atoms with Crippen LogP contribution in [0.5, 0.6) is 5.75 Å². The third-order valence-corrected chi connectivity index (χ3v) is 4.34. The first-order valence-corrected chi connectivity index (χ1v) is 9.18. The number of hydrogen-bond acceptors (Lipinski definition) is 3. The van der Waals surface area contributed by atoms with Gasteiger partial charge in [0.05, 0.1) is 5.69 Å². The maximum Gasteiger partial charge on any atom is 0.251 e. The molecule has 27 heavy (non-hydrogen) atoms. The zero-order valence-corrected chi connectivity index (χ0v) is 15.8. The van der Waals surface area contributed by atoms with Crippen LogP contribution < -0.4 is 10.1 Å². The van der Waals surface area contributed by atoms with Gasteiger partial charge in [-0.15, -0.1) is 0 Å². The molecule has 5 nitrogen and oxygen atoms in total. The van der Waals surface area contributed by atoms with Gasteiger partial charge in [-0.05, 0) is 44.5 Å². The molecule has 5 heteroatoms. The van der Waals surface area contributed by atoms with Crippen molar-refractivity contribution in [3.8, 4) is 5.75 Å². The summed E-state index contributed by atoms with van der Waals surface area (Å²) >= 11 is 0. The second-order valence-corrected chi connectivity index (χ2v) is 6.52. The third kappa shape index (κ3) is 5.20.